The second-order valence-electron chi connectivity index (χ2n) is 6.00. The average molecular weight is 400 g/mol. The summed E-state index contributed by atoms with van der Waals surface area (Å²) in [5, 5.41) is 3.18. The highest BCUT2D eigenvalue weighted by Gasteiger charge is 2.26. The molecule has 1 saturated heterocycles. The largest absolute Gasteiger partial charge is 0.337 e. The molecule has 1 N–H and O–H groups in total. The Balaban J connectivity index is 1.64. The lowest BCUT2D eigenvalue weighted by Gasteiger charge is -2.31. The van der Waals surface area contributed by atoms with Gasteiger partial charge < -0.3 is 4.90 Å². The third-order valence-electron chi connectivity index (χ3n) is 3.98. The van der Waals surface area contributed by atoms with Gasteiger partial charge in [-0.3, -0.25) is 4.79 Å². The molecule has 0 saturated carbocycles. The molecule has 0 bridgehead atoms. The topological polar surface area (TPSA) is 79.4 Å². The molecule has 1 fully saturated rings. The number of benzene rings is 1. The number of thiazole rings is 1. The van der Waals surface area contributed by atoms with Crippen LogP contribution >= 0.6 is 22.9 Å². The predicted octanol–water partition coefficient (Wildman–Crippen LogP) is 2.62. The Labute approximate surface area is 155 Å². The SMILES string of the molecule is CS(=O)(=O)NC1CCN(C(=O)c2csc(-c3ccc(Cl)cc3)n2)CC1. The molecule has 0 atom stereocenters. The molecular formula is C16H18ClN3O3S2. The number of carbonyl (C=O) groups excluding carboxylic acids is 1. The lowest BCUT2D eigenvalue weighted by Crippen LogP contribution is -2.46. The van der Waals surface area contributed by atoms with E-state index in [1.54, 1.807) is 22.4 Å². The Morgan fingerprint density at radius 2 is 1.92 bits per heavy atom. The average Bonchev–Trinajstić information content (AvgIpc) is 3.04. The molecule has 3 rings (SSSR count). The number of amides is 1. The minimum atomic E-state index is -3.22. The maximum absolute atomic E-state index is 12.6. The number of rotatable bonds is 4. The fourth-order valence-electron chi connectivity index (χ4n) is 2.76. The van der Waals surface area contributed by atoms with Crippen molar-refractivity contribution in [3.05, 3.63) is 40.4 Å². The van der Waals surface area contributed by atoms with Crippen molar-refractivity contribution in [3.8, 4) is 10.6 Å². The Morgan fingerprint density at radius 1 is 1.28 bits per heavy atom. The van der Waals surface area contributed by atoms with E-state index in [4.69, 9.17) is 11.6 Å². The van der Waals surface area contributed by atoms with Crippen molar-refractivity contribution in [2.45, 2.75) is 18.9 Å². The normalized spacial score (nSPS) is 16.2. The number of hydrogen-bond acceptors (Lipinski definition) is 5. The van der Waals surface area contributed by atoms with E-state index >= 15 is 0 Å². The van der Waals surface area contributed by atoms with Crippen LogP contribution in [0.5, 0.6) is 0 Å². The first-order valence-corrected chi connectivity index (χ1v) is 10.9. The van der Waals surface area contributed by atoms with Gasteiger partial charge in [-0.1, -0.05) is 23.7 Å². The Kier molecular flexibility index (Phi) is 5.43. The second-order valence-corrected chi connectivity index (χ2v) is 9.08. The van der Waals surface area contributed by atoms with Gasteiger partial charge in [0.25, 0.3) is 5.91 Å². The molecule has 1 aliphatic rings. The van der Waals surface area contributed by atoms with Crippen LogP contribution in [0.3, 0.4) is 0 Å². The molecule has 0 unspecified atom stereocenters. The van der Waals surface area contributed by atoms with Crippen molar-refractivity contribution in [1.29, 1.82) is 0 Å². The second kappa shape index (κ2) is 7.41. The number of hydrogen-bond donors (Lipinski definition) is 1. The van der Waals surface area contributed by atoms with Crippen LogP contribution < -0.4 is 4.72 Å². The summed E-state index contributed by atoms with van der Waals surface area (Å²) in [4.78, 5) is 18.8. The van der Waals surface area contributed by atoms with Gasteiger partial charge in [0.15, 0.2) is 0 Å². The zero-order valence-corrected chi connectivity index (χ0v) is 16.0. The van der Waals surface area contributed by atoms with Gasteiger partial charge in [0.1, 0.15) is 10.7 Å². The summed E-state index contributed by atoms with van der Waals surface area (Å²) in [6.45, 7) is 1.03. The Morgan fingerprint density at radius 3 is 2.52 bits per heavy atom. The molecule has 1 amide bonds. The van der Waals surface area contributed by atoms with Crippen LogP contribution in [0.4, 0.5) is 0 Å². The molecule has 134 valence electrons. The van der Waals surface area contributed by atoms with Crippen LogP contribution in [-0.2, 0) is 10.0 Å². The highest BCUT2D eigenvalue weighted by Crippen LogP contribution is 2.26. The van der Waals surface area contributed by atoms with Crippen molar-refractivity contribution >= 4 is 38.9 Å². The van der Waals surface area contributed by atoms with Gasteiger partial charge in [0.05, 0.1) is 6.26 Å². The molecule has 9 heteroatoms. The molecule has 1 aromatic heterocycles. The van der Waals surface area contributed by atoms with Crippen molar-refractivity contribution in [1.82, 2.24) is 14.6 Å². The first-order valence-electron chi connectivity index (χ1n) is 7.80. The molecule has 2 heterocycles. The van der Waals surface area contributed by atoms with Gasteiger partial charge in [-0.15, -0.1) is 11.3 Å². The number of nitrogens with zero attached hydrogens (tertiary/aromatic N) is 2. The molecule has 0 radical (unpaired) electrons. The monoisotopic (exact) mass is 399 g/mol. The fraction of sp³-hybridized carbons (Fsp3) is 0.375. The number of likely N-dealkylation sites (tertiary alicyclic amines) is 1. The smallest absolute Gasteiger partial charge is 0.273 e. The van der Waals surface area contributed by atoms with Gasteiger partial charge in [0, 0.05) is 35.1 Å². The number of nitrogens with one attached hydrogen (secondary N) is 1. The number of carbonyl (C=O) groups is 1. The maximum atomic E-state index is 12.6. The molecule has 1 aromatic carbocycles. The first-order chi connectivity index (χ1) is 11.8. The molecule has 2 aromatic rings. The van der Waals surface area contributed by atoms with Crippen LogP contribution in [0.1, 0.15) is 23.3 Å². The van der Waals surface area contributed by atoms with E-state index in [2.05, 4.69) is 9.71 Å². The van der Waals surface area contributed by atoms with Crippen molar-refractivity contribution in [2.75, 3.05) is 19.3 Å². The van der Waals surface area contributed by atoms with Gasteiger partial charge in [-0.05, 0) is 25.0 Å². The summed E-state index contributed by atoms with van der Waals surface area (Å²) in [6, 6.07) is 7.22. The van der Waals surface area contributed by atoms with E-state index in [1.807, 2.05) is 12.1 Å². The van der Waals surface area contributed by atoms with Crippen LogP contribution in [0.25, 0.3) is 10.6 Å². The van der Waals surface area contributed by atoms with Gasteiger partial charge in [-0.25, -0.2) is 18.1 Å². The summed E-state index contributed by atoms with van der Waals surface area (Å²) in [7, 11) is -3.22. The van der Waals surface area contributed by atoms with Crippen molar-refractivity contribution in [2.24, 2.45) is 0 Å². The third kappa shape index (κ3) is 4.78. The molecule has 0 aliphatic carbocycles. The van der Waals surface area contributed by atoms with Crippen LogP contribution in [0.2, 0.25) is 5.02 Å². The van der Waals surface area contributed by atoms with Gasteiger partial charge >= 0.3 is 0 Å². The maximum Gasteiger partial charge on any atom is 0.273 e. The van der Waals surface area contributed by atoms with Crippen molar-refractivity contribution < 1.29 is 13.2 Å². The number of aromatic nitrogens is 1. The molecule has 25 heavy (non-hydrogen) atoms. The van der Waals surface area contributed by atoms with E-state index in [9.17, 15) is 13.2 Å². The lowest BCUT2D eigenvalue weighted by molar-refractivity contribution is 0.0706. The summed E-state index contributed by atoms with van der Waals surface area (Å²) in [5.74, 6) is -0.116. The highest BCUT2D eigenvalue weighted by atomic mass is 35.5. The Hall–Kier alpha value is -1.48. The Bertz CT molecular complexity index is 857. The summed E-state index contributed by atoms with van der Waals surface area (Å²) < 4.78 is 25.2. The number of halogens is 1. The molecule has 6 nitrogen and oxygen atoms in total. The van der Waals surface area contributed by atoms with Crippen LogP contribution in [-0.4, -0.2) is 49.6 Å². The standard InChI is InChI=1S/C16H18ClN3O3S2/c1-25(22,23)19-13-6-8-20(9-7-13)16(21)14-10-24-15(18-14)11-2-4-12(17)5-3-11/h2-5,10,13,19H,6-9H2,1H3. The molecule has 0 spiro atoms. The minimum absolute atomic E-state index is 0.112. The predicted molar refractivity (Wildman–Crippen MR) is 99.5 cm³/mol. The first kappa shape index (κ1) is 18.3. The third-order valence-corrected chi connectivity index (χ3v) is 5.88. The fourth-order valence-corrected chi connectivity index (χ4v) is 4.53. The zero-order chi connectivity index (χ0) is 18.0. The van der Waals surface area contributed by atoms with Crippen LogP contribution in [0, 0.1) is 0 Å². The number of sulfonamides is 1. The van der Waals surface area contributed by atoms with Gasteiger partial charge in [0.2, 0.25) is 10.0 Å². The van der Waals surface area contributed by atoms with E-state index in [1.165, 1.54) is 11.3 Å². The van der Waals surface area contributed by atoms with E-state index in [0.717, 1.165) is 16.8 Å². The minimum Gasteiger partial charge on any atom is -0.337 e. The molecular weight excluding hydrogens is 382 g/mol. The molecule has 1 aliphatic heterocycles. The highest BCUT2D eigenvalue weighted by molar-refractivity contribution is 7.88. The van der Waals surface area contributed by atoms with E-state index < -0.39 is 10.0 Å². The number of piperidine rings is 1. The lowest BCUT2D eigenvalue weighted by atomic mass is 10.1. The van der Waals surface area contributed by atoms with Gasteiger partial charge in [-0.2, -0.15) is 0 Å². The summed E-state index contributed by atoms with van der Waals surface area (Å²) in [6.07, 6.45) is 2.36. The van der Waals surface area contributed by atoms with E-state index in [0.29, 0.717) is 36.6 Å². The van der Waals surface area contributed by atoms with Crippen LogP contribution in [0.15, 0.2) is 29.6 Å². The zero-order valence-electron chi connectivity index (χ0n) is 13.6. The summed E-state index contributed by atoms with van der Waals surface area (Å²) >= 11 is 7.30. The van der Waals surface area contributed by atoms with Crippen molar-refractivity contribution in [3.63, 3.8) is 0 Å². The van der Waals surface area contributed by atoms with E-state index in [-0.39, 0.29) is 11.9 Å². The quantitative estimate of drug-likeness (QED) is 0.857. The summed E-state index contributed by atoms with van der Waals surface area (Å²) in [5.41, 5.74) is 1.34.